The third kappa shape index (κ3) is 7.04. The minimum absolute atomic E-state index is 0.0643. The maximum atomic E-state index is 13.4. The fourth-order valence-electron chi connectivity index (χ4n) is 5.33. The Morgan fingerprint density at radius 3 is 1.79 bits per heavy atom. The Hall–Kier alpha value is -2.38. The van der Waals surface area contributed by atoms with Crippen molar-refractivity contribution in [2.75, 3.05) is 0 Å². The lowest BCUT2D eigenvalue weighted by molar-refractivity contribution is -0.119. The second-order valence-corrected chi connectivity index (χ2v) is 23.0. The first-order valence-electron chi connectivity index (χ1n) is 14.5. The van der Waals surface area contributed by atoms with Crippen LogP contribution in [-0.2, 0) is 13.6 Å². The molecule has 2 aromatic rings. The summed E-state index contributed by atoms with van der Waals surface area (Å²) in [5, 5.41) is 2.40. The van der Waals surface area contributed by atoms with E-state index < -0.39 is 16.6 Å². The summed E-state index contributed by atoms with van der Waals surface area (Å²) >= 11 is 0. The van der Waals surface area contributed by atoms with E-state index in [1.54, 1.807) is 0 Å². The van der Waals surface area contributed by atoms with Gasteiger partial charge in [-0.15, -0.1) is 0 Å². The summed E-state index contributed by atoms with van der Waals surface area (Å²) in [5.41, 5.74) is 0. The third-order valence-electron chi connectivity index (χ3n) is 8.73. The van der Waals surface area contributed by atoms with Gasteiger partial charge in [-0.2, -0.15) is 0 Å². The Labute approximate surface area is 240 Å². The van der Waals surface area contributed by atoms with Crippen LogP contribution >= 0.6 is 0 Å². The first kappa shape index (κ1) is 31.2. The van der Waals surface area contributed by atoms with Crippen molar-refractivity contribution >= 4 is 32.8 Å². The van der Waals surface area contributed by atoms with Crippen molar-refractivity contribution in [2.24, 2.45) is 17.8 Å². The minimum atomic E-state index is -2.82. The monoisotopic (exact) mass is 562 g/mol. The van der Waals surface area contributed by atoms with Crippen LogP contribution in [0.1, 0.15) is 68.2 Å². The zero-order valence-corrected chi connectivity index (χ0v) is 27.9. The highest BCUT2D eigenvalue weighted by Crippen LogP contribution is 2.41. The molecule has 0 radical (unpaired) electrons. The van der Waals surface area contributed by atoms with E-state index in [0.29, 0.717) is 18.8 Å². The molecular weight excluding hydrogens is 513 g/mol. The lowest BCUT2D eigenvalue weighted by Gasteiger charge is -2.43. The Kier molecular flexibility index (Phi) is 9.60. The van der Waals surface area contributed by atoms with E-state index in [4.69, 9.17) is 8.85 Å². The number of hydrogen-bond acceptors (Lipinski definition) is 3. The highest BCUT2D eigenvalue weighted by Gasteiger charge is 2.52. The molecule has 212 valence electrons. The maximum Gasteiger partial charge on any atom is 0.319 e. The number of rotatable bonds is 8. The molecule has 5 heteroatoms. The first-order chi connectivity index (χ1) is 18.1. The van der Waals surface area contributed by atoms with E-state index in [9.17, 15) is 4.79 Å². The molecule has 0 saturated heterocycles. The second kappa shape index (κ2) is 12.0. The summed E-state index contributed by atoms with van der Waals surface area (Å²) in [6.45, 7) is 22.6. The smallest absolute Gasteiger partial charge is 0.319 e. The molecule has 0 aliphatic heterocycles. The van der Waals surface area contributed by atoms with E-state index in [1.807, 2.05) is 6.26 Å². The van der Waals surface area contributed by atoms with Crippen molar-refractivity contribution in [3.63, 3.8) is 0 Å². The molecule has 0 unspecified atom stereocenters. The molecule has 3 rings (SSSR count). The van der Waals surface area contributed by atoms with Crippen molar-refractivity contribution in [3.05, 3.63) is 84.8 Å². The summed E-state index contributed by atoms with van der Waals surface area (Å²) in [7, 11) is -4.75. The molecule has 0 spiro atoms. The third-order valence-corrected chi connectivity index (χ3v) is 18.0. The Balaban J connectivity index is 2.13. The molecular formula is C34H50O3Si2. The van der Waals surface area contributed by atoms with Crippen molar-refractivity contribution < 1.29 is 13.6 Å². The van der Waals surface area contributed by atoms with E-state index in [2.05, 4.69) is 141 Å². The minimum Gasteiger partial charge on any atom is -0.549 e. The van der Waals surface area contributed by atoms with Gasteiger partial charge in [0.05, 0.1) is 18.4 Å². The molecule has 3 nitrogen and oxygen atoms in total. The normalized spacial score (nSPS) is 19.7. The number of ketones is 1. The average Bonchev–Trinajstić information content (AvgIpc) is 3.00. The standard InChI is InChI=1S/C34H50O3Si2/c1-26(2)32-25-28(35)24-29(23-27(32)21-22-36-38(9,10)33(3,4)5)37-39(34(6,7)8,30-17-13-11-14-18-30)31-19-15-12-16-20-31/h11-23,26-27,32H,24-25H2,1-10H3/b22-21+/t27-,32-/m0/s1. The topological polar surface area (TPSA) is 35.5 Å². The number of allylic oxidation sites excluding steroid dienone is 3. The van der Waals surface area contributed by atoms with Gasteiger partial charge >= 0.3 is 8.32 Å². The van der Waals surface area contributed by atoms with Gasteiger partial charge in [-0.3, -0.25) is 4.79 Å². The van der Waals surface area contributed by atoms with Crippen LogP contribution in [0.4, 0.5) is 0 Å². The van der Waals surface area contributed by atoms with Gasteiger partial charge < -0.3 is 8.85 Å². The number of carbonyl (C=O) groups is 1. The van der Waals surface area contributed by atoms with Crippen molar-refractivity contribution in [1.82, 2.24) is 0 Å². The van der Waals surface area contributed by atoms with Gasteiger partial charge in [-0.25, -0.2) is 0 Å². The predicted molar refractivity (Wildman–Crippen MR) is 170 cm³/mol. The fourth-order valence-corrected chi connectivity index (χ4v) is 10.6. The zero-order chi connectivity index (χ0) is 29.1. The lowest BCUT2D eigenvalue weighted by atomic mass is 9.81. The van der Waals surface area contributed by atoms with Gasteiger partial charge in [0.1, 0.15) is 5.78 Å². The number of hydrogen-bond donors (Lipinski definition) is 0. The quantitative estimate of drug-likeness (QED) is 0.240. The summed E-state index contributed by atoms with van der Waals surface area (Å²) < 4.78 is 13.8. The summed E-state index contributed by atoms with van der Waals surface area (Å²) in [6.07, 6.45) is 7.22. The van der Waals surface area contributed by atoms with Gasteiger partial charge in [-0.05, 0) is 57.5 Å². The molecule has 2 atom stereocenters. The lowest BCUT2D eigenvalue weighted by Crippen LogP contribution is -2.66. The second-order valence-electron chi connectivity index (χ2n) is 14.0. The van der Waals surface area contributed by atoms with Gasteiger partial charge in [0.15, 0.2) is 0 Å². The molecule has 0 aromatic heterocycles. The van der Waals surface area contributed by atoms with Crippen molar-refractivity contribution in [2.45, 2.75) is 91.4 Å². The van der Waals surface area contributed by atoms with Crippen LogP contribution < -0.4 is 10.4 Å². The fraction of sp³-hybridized carbons (Fsp3) is 0.500. The van der Waals surface area contributed by atoms with Gasteiger partial charge in [-0.1, -0.05) is 116 Å². The molecule has 0 amide bonds. The van der Waals surface area contributed by atoms with E-state index in [-0.39, 0.29) is 27.7 Å². The highest BCUT2D eigenvalue weighted by molar-refractivity contribution is 6.99. The molecule has 0 bridgehead atoms. The molecule has 2 aromatic carbocycles. The summed E-state index contributed by atoms with van der Waals surface area (Å²) in [5.74, 6) is 1.69. The zero-order valence-electron chi connectivity index (χ0n) is 25.9. The van der Waals surface area contributed by atoms with Crippen LogP contribution in [0.2, 0.25) is 23.2 Å². The molecule has 0 N–H and O–H groups in total. The molecule has 39 heavy (non-hydrogen) atoms. The molecule has 1 aliphatic rings. The largest absolute Gasteiger partial charge is 0.549 e. The Morgan fingerprint density at radius 1 is 0.846 bits per heavy atom. The summed E-state index contributed by atoms with van der Waals surface area (Å²) in [6, 6.07) is 21.3. The Morgan fingerprint density at radius 2 is 1.36 bits per heavy atom. The number of benzene rings is 2. The van der Waals surface area contributed by atoms with E-state index >= 15 is 0 Å². The highest BCUT2D eigenvalue weighted by atomic mass is 28.4. The van der Waals surface area contributed by atoms with Gasteiger partial charge in [0, 0.05) is 12.3 Å². The predicted octanol–water partition coefficient (Wildman–Crippen LogP) is 8.23. The van der Waals surface area contributed by atoms with Crippen LogP contribution in [0.3, 0.4) is 0 Å². The number of Topliss-reactive ketones (excluding diaryl/α,β-unsaturated/α-hetero) is 1. The van der Waals surface area contributed by atoms with E-state index in [1.165, 1.54) is 10.4 Å². The van der Waals surface area contributed by atoms with E-state index in [0.717, 1.165) is 5.76 Å². The average molecular weight is 563 g/mol. The maximum absolute atomic E-state index is 13.4. The first-order valence-corrected chi connectivity index (χ1v) is 19.3. The van der Waals surface area contributed by atoms with Crippen LogP contribution in [-0.4, -0.2) is 22.4 Å². The summed E-state index contributed by atoms with van der Waals surface area (Å²) in [4.78, 5) is 13.4. The molecule has 0 saturated carbocycles. The van der Waals surface area contributed by atoms with Crippen LogP contribution in [0.25, 0.3) is 0 Å². The Bertz CT molecular complexity index is 1110. The molecule has 1 aliphatic carbocycles. The van der Waals surface area contributed by atoms with Crippen LogP contribution in [0.15, 0.2) is 84.8 Å². The van der Waals surface area contributed by atoms with Gasteiger partial charge in [0.25, 0.3) is 0 Å². The molecule has 0 fully saturated rings. The van der Waals surface area contributed by atoms with Crippen LogP contribution in [0, 0.1) is 17.8 Å². The molecule has 0 heterocycles. The van der Waals surface area contributed by atoms with Crippen LogP contribution in [0.5, 0.6) is 0 Å². The number of carbonyl (C=O) groups excluding carboxylic acids is 1. The van der Waals surface area contributed by atoms with Crippen molar-refractivity contribution in [1.29, 1.82) is 0 Å². The van der Waals surface area contributed by atoms with Gasteiger partial charge in [0.2, 0.25) is 8.32 Å². The SMILES string of the molecule is CC(C)[C@@H]1CC(=O)CC(O[Si](c2ccccc2)(c2ccccc2)C(C)(C)C)=C[C@@H]1/C=C/O[Si](C)(C)C(C)(C)C. The van der Waals surface area contributed by atoms with Crippen molar-refractivity contribution in [3.8, 4) is 0 Å².